The summed E-state index contributed by atoms with van der Waals surface area (Å²) in [4.78, 5) is 14.5. The van der Waals surface area contributed by atoms with Gasteiger partial charge >= 0.3 is 5.97 Å². The standard InChI is InChI=1S/C15H22N2O3/c1-3-20-15(18)14(17-9-7-16-8-10-17)12-5-4-6-13(11-12)19-2/h4-6,11,14,16H,3,7-10H2,1-2H3. The molecule has 20 heavy (non-hydrogen) atoms. The second-order valence-electron chi connectivity index (χ2n) is 4.72. The molecule has 1 aliphatic rings. The van der Waals surface area contributed by atoms with Crippen molar-refractivity contribution in [2.75, 3.05) is 39.9 Å². The Hall–Kier alpha value is -1.59. The number of methoxy groups -OCH3 is 1. The maximum absolute atomic E-state index is 12.3. The highest BCUT2D eigenvalue weighted by Crippen LogP contribution is 2.26. The van der Waals surface area contributed by atoms with Crippen molar-refractivity contribution in [3.63, 3.8) is 0 Å². The van der Waals surface area contributed by atoms with Gasteiger partial charge in [-0.3, -0.25) is 4.90 Å². The van der Waals surface area contributed by atoms with E-state index in [1.54, 1.807) is 7.11 Å². The van der Waals surface area contributed by atoms with E-state index in [0.717, 1.165) is 37.5 Å². The number of piperazine rings is 1. The molecule has 1 aromatic carbocycles. The Morgan fingerprint density at radius 1 is 1.40 bits per heavy atom. The number of esters is 1. The fraction of sp³-hybridized carbons (Fsp3) is 0.533. The summed E-state index contributed by atoms with van der Waals surface area (Å²) in [5.74, 6) is 0.564. The van der Waals surface area contributed by atoms with E-state index in [1.165, 1.54) is 0 Å². The highest BCUT2D eigenvalue weighted by molar-refractivity contribution is 5.78. The summed E-state index contributed by atoms with van der Waals surface area (Å²) in [6.45, 7) is 5.67. The van der Waals surface area contributed by atoms with Gasteiger partial charge < -0.3 is 14.8 Å². The molecule has 5 nitrogen and oxygen atoms in total. The molecule has 1 aromatic rings. The third kappa shape index (κ3) is 3.49. The fourth-order valence-corrected chi connectivity index (χ4v) is 2.47. The number of rotatable bonds is 5. The smallest absolute Gasteiger partial charge is 0.328 e. The van der Waals surface area contributed by atoms with Gasteiger partial charge in [-0.25, -0.2) is 4.79 Å². The molecule has 1 aliphatic heterocycles. The minimum atomic E-state index is -0.354. The van der Waals surface area contributed by atoms with Crippen LogP contribution >= 0.6 is 0 Å². The van der Waals surface area contributed by atoms with E-state index in [-0.39, 0.29) is 12.0 Å². The van der Waals surface area contributed by atoms with Crippen molar-refractivity contribution in [1.82, 2.24) is 10.2 Å². The molecule has 1 heterocycles. The van der Waals surface area contributed by atoms with Crippen LogP contribution in [-0.2, 0) is 9.53 Å². The number of carbonyl (C=O) groups is 1. The number of nitrogens with one attached hydrogen (secondary N) is 1. The number of ether oxygens (including phenoxy) is 2. The lowest BCUT2D eigenvalue weighted by molar-refractivity contribution is -0.150. The predicted molar refractivity (Wildman–Crippen MR) is 76.8 cm³/mol. The first-order chi connectivity index (χ1) is 9.76. The van der Waals surface area contributed by atoms with E-state index in [1.807, 2.05) is 31.2 Å². The molecular weight excluding hydrogens is 256 g/mol. The summed E-state index contributed by atoms with van der Waals surface area (Å²) < 4.78 is 10.5. The van der Waals surface area contributed by atoms with Gasteiger partial charge in [0.2, 0.25) is 0 Å². The number of hydrogen-bond acceptors (Lipinski definition) is 5. The van der Waals surface area contributed by atoms with Gasteiger partial charge in [-0.2, -0.15) is 0 Å². The van der Waals surface area contributed by atoms with E-state index in [9.17, 15) is 4.79 Å². The van der Waals surface area contributed by atoms with Crippen LogP contribution in [0.3, 0.4) is 0 Å². The second-order valence-corrected chi connectivity index (χ2v) is 4.72. The minimum absolute atomic E-state index is 0.192. The minimum Gasteiger partial charge on any atom is -0.497 e. The normalized spacial score (nSPS) is 17.5. The molecule has 0 radical (unpaired) electrons. The zero-order valence-corrected chi connectivity index (χ0v) is 12.1. The van der Waals surface area contributed by atoms with Crippen molar-refractivity contribution in [3.05, 3.63) is 29.8 Å². The average Bonchev–Trinajstić information content (AvgIpc) is 2.49. The molecule has 0 spiro atoms. The van der Waals surface area contributed by atoms with Gasteiger partial charge in [0.25, 0.3) is 0 Å². The number of hydrogen-bond donors (Lipinski definition) is 1. The first-order valence-electron chi connectivity index (χ1n) is 7.01. The lowest BCUT2D eigenvalue weighted by atomic mass is 10.0. The van der Waals surface area contributed by atoms with Crippen molar-refractivity contribution in [3.8, 4) is 5.75 Å². The van der Waals surface area contributed by atoms with Crippen LogP contribution in [0, 0.1) is 0 Å². The molecule has 0 bridgehead atoms. The molecule has 1 unspecified atom stereocenters. The van der Waals surface area contributed by atoms with Crippen LogP contribution in [0.15, 0.2) is 24.3 Å². The molecule has 1 fully saturated rings. The van der Waals surface area contributed by atoms with Crippen LogP contribution in [-0.4, -0.2) is 50.8 Å². The fourth-order valence-electron chi connectivity index (χ4n) is 2.47. The summed E-state index contributed by atoms with van der Waals surface area (Å²) in [5, 5.41) is 3.30. The van der Waals surface area contributed by atoms with Gasteiger partial charge in [0.1, 0.15) is 11.8 Å². The number of carbonyl (C=O) groups excluding carboxylic acids is 1. The Kier molecular flexibility index (Phi) is 5.38. The maximum Gasteiger partial charge on any atom is 0.328 e. The SMILES string of the molecule is CCOC(=O)C(c1cccc(OC)c1)N1CCNCC1. The summed E-state index contributed by atoms with van der Waals surface area (Å²) in [6.07, 6.45) is 0. The predicted octanol–water partition coefficient (Wildman–Crippen LogP) is 1.20. The van der Waals surface area contributed by atoms with Gasteiger partial charge in [-0.05, 0) is 24.6 Å². The van der Waals surface area contributed by atoms with Crippen LogP contribution in [0.5, 0.6) is 5.75 Å². The third-order valence-corrected chi connectivity index (χ3v) is 3.44. The summed E-state index contributed by atoms with van der Waals surface area (Å²) >= 11 is 0. The number of nitrogens with zero attached hydrogens (tertiary/aromatic N) is 1. The van der Waals surface area contributed by atoms with Crippen molar-refractivity contribution in [1.29, 1.82) is 0 Å². The van der Waals surface area contributed by atoms with E-state index in [0.29, 0.717) is 6.61 Å². The third-order valence-electron chi connectivity index (χ3n) is 3.44. The Morgan fingerprint density at radius 3 is 2.80 bits per heavy atom. The molecule has 0 aromatic heterocycles. The Bertz CT molecular complexity index is 444. The Labute approximate surface area is 119 Å². The molecule has 1 atom stereocenters. The highest BCUT2D eigenvalue weighted by atomic mass is 16.5. The van der Waals surface area contributed by atoms with Crippen LogP contribution in [0.2, 0.25) is 0 Å². The van der Waals surface area contributed by atoms with Crippen LogP contribution in [0.1, 0.15) is 18.5 Å². The summed E-state index contributed by atoms with van der Waals surface area (Å²) in [5.41, 5.74) is 0.921. The lowest BCUT2D eigenvalue weighted by Crippen LogP contribution is -2.47. The van der Waals surface area contributed by atoms with Gasteiger partial charge in [-0.15, -0.1) is 0 Å². The van der Waals surface area contributed by atoms with Gasteiger partial charge in [0.15, 0.2) is 0 Å². The van der Waals surface area contributed by atoms with Gasteiger partial charge in [0.05, 0.1) is 13.7 Å². The molecule has 2 rings (SSSR count). The average molecular weight is 278 g/mol. The topological polar surface area (TPSA) is 50.8 Å². The molecule has 1 saturated heterocycles. The van der Waals surface area contributed by atoms with Gasteiger partial charge in [0, 0.05) is 26.2 Å². The van der Waals surface area contributed by atoms with Crippen LogP contribution in [0.4, 0.5) is 0 Å². The molecule has 5 heteroatoms. The van der Waals surface area contributed by atoms with Gasteiger partial charge in [-0.1, -0.05) is 12.1 Å². The van der Waals surface area contributed by atoms with E-state index in [4.69, 9.17) is 9.47 Å². The zero-order chi connectivity index (χ0) is 14.4. The molecule has 1 N–H and O–H groups in total. The zero-order valence-electron chi connectivity index (χ0n) is 12.1. The second kappa shape index (κ2) is 7.26. The van der Waals surface area contributed by atoms with Crippen molar-refractivity contribution < 1.29 is 14.3 Å². The maximum atomic E-state index is 12.3. The molecule has 110 valence electrons. The van der Waals surface area contributed by atoms with Crippen molar-refractivity contribution in [2.45, 2.75) is 13.0 Å². The van der Waals surface area contributed by atoms with E-state index < -0.39 is 0 Å². The lowest BCUT2D eigenvalue weighted by Gasteiger charge is -2.33. The van der Waals surface area contributed by atoms with Crippen LogP contribution in [0.25, 0.3) is 0 Å². The molecule has 0 saturated carbocycles. The first kappa shape index (κ1) is 14.8. The molecule has 0 aliphatic carbocycles. The van der Waals surface area contributed by atoms with E-state index >= 15 is 0 Å². The molecular formula is C15H22N2O3. The summed E-state index contributed by atoms with van der Waals surface area (Å²) in [7, 11) is 1.63. The first-order valence-corrected chi connectivity index (χ1v) is 7.01. The summed E-state index contributed by atoms with van der Waals surface area (Å²) in [6, 6.07) is 7.29. The van der Waals surface area contributed by atoms with E-state index in [2.05, 4.69) is 10.2 Å². The number of benzene rings is 1. The largest absolute Gasteiger partial charge is 0.497 e. The quantitative estimate of drug-likeness (QED) is 0.820. The Balaban J connectivity index is 2.26. The molecule has 0 amide bonds. The van der Waals surface area contributed by atoms with Crippen LogP contribution < -0.4 is 10.1 Å². The monoisotopic (exact) mass is 278 g/mol. The highest BCUT2D eigenvalue weighted by Gasteiger charge is 2.30. The van der Waals surface area contributed by atoms with Crippen molar-refractivity contribution >= 4 is 5.97 Å². The van der Waals surface area contributed by atoms with Crippen molar-refractivity contribution in [2.24, 2.45) is 0 Å². The Morgan fingerprint density at radius 2 is 2.15 bits per heavy atom.